The number of rotatable bonds is 14. The molecule has 4 atom stereocenters. The van der Waals surface area contributed by atoms with Crippen LogP contribution >= 0.6 is 12.6 Å². The van der Waals surface area contributed by atoms with E-state index >= 15 is 0 Å². The standard InChI is InChI=1S/C26H35N7O5S/c1-14(2)7-18(27)23(34)31-20(9-16-11-28-13-30-16)24(35)33-22(12-39)25(36)32-21(26(37)38)8-15-10-29-19-6-4-3-5-17(15)19/h3-6,10-11,13-14,18,20-22,29,39H,7-9,12,27H2,1-2H3,(H,28,30)(H,31,34)(H,32,36)(H,33,35)(H,37,38). The third-order valence-electron chi connectivity index (χ3n) is 6.20. The summed E-state index contributed by atoms with van der Waals surface area (Å²) in [4.78, 5) is 60.8. The Morgan fingerprint density at radius 2 is 1.64 bits per heavy atom. The average molecular weight is 558 g/mol. The summed E-state index contributed by atoms with van der Waals surface area (Å²) in [6.07, 6.45) is 5.21. The molecule has 0 saturated heterocycles. The summed E-state index contributed by atoms with van der Waals surface area (Å²) in [6, 6.07) is 3.16. The fraction of sp³-hybridized carbons (Fsp3) is 0.423. The Kier molecular flexibility index (Phi) is 10.5. The molecule has 39 heavy (non-hydrogen) atoms. The minimum absolute atomic E-state index is 0.0323. The number of nitrogens with zero attached hydrogens (tertiary/aromatic N) is 1. The van der Waals surface area contributed by atoms with E-state index in [0.29, 0.717) is 12.1 Å². The number of thiol groups is 1. The number of carboxylic acids is 1. The van der Waals surface area contributed by atoms with Crippen LogP contribution in [0.3, 0.4) is 0 Å². The lowest BCUT2D eigenvalue weighted by molar-refractivity contribution is -0.142. The molecular weight excluding hydrogens is 522 g/mol. The Bertz CT molecular complexity index is 1280. The van der Waals surface area contributed by atoms with Crippen LogP contribution in [0.2, 0.25) is 0 Å². The van der Waals surface area contributed by atoms with Crippen LogP contribution in [0.15, 0.2) is 43.0 Å². The van der Waals surface area contributed by atoms with Gasteiger partial charge in [-0.15, -0.1) is 0 Å². The second-order valence-corrected chi connectivity index (χ2v) is 10.2. The van der Waals surface area contributed by atoms with Gasteiger partial charge in [0.2, 0.25) is 17.7 Å². The van der Waals surface area contributed by atoms with Crippen LogP contribution in [0.1, 0.15) is 31.5 Å². The molecule has 210 valence electrons. The SMILES string of the molecule is CC(C)CC(N)C(=O)NC(Cc1cnc[nH]1)C(=O)NC(CS)C(=O)NC(Cc1c[nH]c2ccccc12)C(=O)O. The van der Waals surface area contributed by atoms with E-state index in [0.717, 1.165) is 16.5 Å². The molecule has 0 spiro atoms. The molecule has 0 fully saturated rings. The van der Waals surface area contributed by atoms with Gasteiger partial charge in [0.25, 0.3) is 0 Å². The summed E-state index contributed by atoms with van der Waals surface area (Å²) in [7, 11) is 0. The zero-order valence-electron chi connectivity index (χ0n) is 21.8. The number of fused-ring (bicyclic) bond motifs is 1. The second-order valence-electron chi connectivity index (χ2n) is 9.78. The molecule has 2 heterocycles. The predicted octanol–water partition coefficient (Wildman–Crippen LogP) is 0.518. The molecule has 1 aromatic carbocycles. The lowest BCUT2D eigenvalue weighted by atomic mass is 10.0. The van der Waals surface area contributed by atoms with Gasteiger partial charge in [0.05, 0.1) is 12.4 Å². The largest absolute Gasteiger partial charge is 0.480 e. The number of hydrogen-bond acceptors (Lipinski definition) is 7. The van der Waals surface area contributed by atoms with Crippen LogP contribution in [-0.2, 0) is 32.0 Å². The van der Waals surface area contributed by atoms with Crippen LogP contribution in [0.5, 0.6) is 0 Å². The number of hydrogen-bond donors (Lipinski definition) is 8. The molecule has 0 aliphatic rings. The number of H-pyrrole nitrogens is 2. The number of aliphatic carboxylic acids is 1. The first-order valence-electron chi connectivity index (χ1n) is 12.6. The molecule has 2 aromatic heterocycles. The molecule has 4 unspecified atom stereocenters. The lowest BCUT2D eigenvalue weighted by Crippen LogP contribution is -2.58. The highest BCUT2D eigenvalue weighted by Crippen LogP contribution is 2.19. The first kappa shape index (κ1) is 29.7. The molecule has 13 heteroatoms. The number of benzene rings is 1. The molecule has 8 N–H and O–H groups in total. The van der Waals surface area contributed by atoms with Gasteiger partial charge in [0.1, 0.15) is 18.1 Å². The number of carboxylic acid groups (broad SMARTS) is 1. The predicted molar refractivity (Wildman–Crippen MR) is 149 cm³/mol. The van der Waals surface area contributed by atoms with Crippen molar-refractivity contribution >= 4 is 47.2 Å². The van der Waals surface area contributed by atoms with Gasteiger partial charge in [0.15, 0.2) is 0 Å². The second kappa shape index (κ2) is 13.8. The van der Waals surface area contributed by atoms with E-state index in [1.54, 1.807) is 6.20 Å². The topological polar surface area (TPSA) is 195 Å². The first-order chi connectivity index (χ1) is 18.6. The van der Waals surface area contributed by atoms with Crippen molar-refractivity contribution in [2.75, 3.05) is 5.75 Å². The van der Waals surface area contributed by atoms with Crippen molar-refractivity contribution in [3.63, 3.8) is 0 Å². The van der Waals surface area contributed by atoms with E-state index in [1.807, 2.05) is 38.1 Å². The van der Waals surface area contributed by atoms with Crippen LogP contribution in [0, 0.1) is 5.92 Å². The number of nitrogens with two attached hydrogens (primary N) is 1. The van der Waals surface area contributed by atoms with E-state index in [-0.39, 0.29) is 24.5 Å². The van der Waals surface area contributed by atoms with Crippen LogP contribution in [0.25, 0.3) is 10.9 Å². The molecule has 0 radical (unpaired) electrons. The number of carbonyl (C=O) groups excluding carboxylic acids is 3. The van der Waals surface area contributed by atoms with Crippen molar-refractivity contribution in [3.05, 3.63) is 54.2 Å². The third kappa shape index (κ3) is 8.32. The van der Waals surface area contributed by atoms with E-state index in [2.05, 4.69) is 43.5 Å². The molecule has 3 amide bonds. The van der Waals surface area contributed by atoms with E-state index in [1.165, 1.54) is 12.5 Å². The van der Waals surface area contributed by atoms with Gasteiger partial charge < -0.3 is 36.8 Å². The summed E-state index contributed by atoms with van der Waals surface area (Å²) < 4.78 is 0. The number of aromatic amines is 2. The van der Waals surface area contributed by atoms with Crippen LogP contribution in [0.4, 0.5) is 0 Å². The first-order valence-corrected chi connectivity index (χ1v) is 13.2. The maximum atomic E-state index is 13.2. The van der Waals surface area contributed by atoms with Crippen molar-refractivity contribution < 1.29 is 24.3 Å². The molecule has 3 rings (SSSR count). The minimum atomic E-state index is -1.24. The molecule has 0 aliphatic heterocycles. The molecule has 3 aromatic rings. The highest BCUT2D eigenvalue weighted by atomic mass is 32.1. The van der Waals surface area contributed by atoms with Crippen molar-refractivity contribution in [2.24, 2.45) is 11.7 Å². The van der Waals surface area contributed by atoms with Crippen molar-refractivity contribution in [1.29, 1.82) is 0 Å². The average Bonchev–Trinajstić information content (AvgIpc) is 3.55. The van der Waals surface area contributed by atoms with Gasteiger partial charge in [-0.25, -0.2) is 9.78 Å². The molecule has 0 saturated carbocycles. The van der Waals surface area contributed by atoms with Crippen molar-refractivity contribution in [3.8, 4) is 0 Å². The monoisotopic (exact) mass is 557 g/mol. The summed E-state index contributed by atoms with van der Waals surface area (Å²) in [5.74, 6) is -3.01. The van der Waals surface area contributed by atoms with E-state index < -0.39 is 47.9 Å². The van der Waals surface area contributed by atoms with Crippen molar-refractivity contribution in [1.82, 2.24) is 30.9 Å². The van der Waals surface area contributed by atoms with E-state index in [4.69, 9.17) is 5.73 Å². The molecule has 12 nitrogen and oxygen atoms in total. The van der Waals surface area contributed by atoms with E-state index in [9.17, 15) is 24.3 Å². The fourth-order valence-electron chi connectivity index (χ4n) is 4.18. The van der Waals surface area contributed by atoms with Crippen molar-refractivity contribution in [2.45, 2.75) is 57.3 Å². The minimum Gasteiger partial charge on any atom is -0.480 e. The number of nitrogens with one attached hydrogen (secondary N) is 5. The molecule has 0 aliphatic carbocycles. The highest BCUT2D eigenvalue weighted by Gasteiger charge is 2.30. The Hall–Kier alpha value is -3.84. The van der Waals surface area contributed by atoms with Gasteiger partial charge in [-0.05, 0) is 24.0 Å². The van der Waals surface area contributed by atoms with Gasteiger partial charge in [-0.3, -0.25) is 14.4 Å². The fourth-order valence-corrected chi connectivity index (χ4v) is 4.44. The Morgan fingerprint density at radius 3 is 2.28 bits per heavy atom. The zero-order chi connectivity index (χ0) is 28.5. The van der Waals surface area contributed by atoms with Gasteiger partial charge in [-0.1, -0.05) is 32.0 Å². The maximum absolute atomic E-state index is 13.2. The van der Waals surface area contributed by atoms with Crippen LogP contribution in [-0.4, -0.2) is 73.7 Å². The number of imidazole rings is 1. The number of aromatic nitrogens is 3. The third-order valence-corrected chi connectivity index (χ3v) is 6.57. The summed E-state index contributed by atoms with van der Waals surface area (Å²) in [5, 5.41) is 18.4. The van der Waals surface area contributed by atoms with Gasteiger partial charge >= 0.3 is 5.97 Å². The zero-order valence-corrected chi connectivity index (χ0v) is 22.7. The Labute approximate surface area is 231 Å². The summed E-state index contributed by atoms with van der Waals surface area (Å²) in [5.41, 5.74) is 8.15. The molecular formula is C26H35N7O5S. The smallest absolute Gasteiger partial charge is 0.326 e. The summed E-state index contributed by atoms with van der Waals surface area (Å²) in [6.45, 7) is 3.86. The Morgan fingerprint density at radius 1 is 0.974 bits per heavy atom. The molecule has 0 bridgehead atoms. The number of carbonyl (C=O) groups is 4. The maximum Gasteiger partial charge on any atom is 0.326 e. The normalized spacial score (nSPS) is 14.4. The quantitative estimate of drug-likeness (QED) is 0.132. The van der Waals surface area contributed by atoms with Gasteiger partial charge in [0, 0.05) is 47.6 Å². The van der Waals surface area contributed by atoms with Gasteiger partial charge in [-0.2, -0.15) is 12.6 Å². The Balaban J connectivity index is 1.69. The number of para-hydroxylation sites is 1. The van der Waals surface area contributed by atoms with Crippen LogP contribution < -0.4 is 21.7 Å². The number of amides is 3. The summed E-state index contributed by atoms with van der Waals surface area (Å²) >= 11 is 4.19. The lowest BCUT2D eigenvalue weighted by Gasteiger charge is -2.24. The highest BCUT2D eigenvalue weighted by molar-refractivity contribution is 7.80.